The van der Waals surface area contributed by atoms with E-state index in [1.807, 2.05) is 0 Å². The summed E-state index contributed by atoms with van der Waals surface area (Å²) in [6.07, 6.45) is -4.89. The summed E-state index contributed by atoms with van der Waals surface area (Å²) in [6, 6.07) is 5.67. The molecule has 0 aliphatic carbocycles. The minimum atomic E-state index is -4.89. The number of alkyl halides is 3. The summed E-state index contributed by atoms with van der Waals surface area (Å²) in [7, 11) is 1.05. The van der Waals surface area contributed by atoms with Crippen LogP contribution in [0.3, 0.4) is 0 Å². The zero-order valence-corrected chi connectivity index (χ0v) is 9.49. The first kappa shape index (κ1) is 14.0. The summed E-state index contributed by atoms with van der Waals surface area (Å²) in [5, 5.41) is 0. The van der Waals surface area contributed by atoms with Crippen molar-refractivity contribution in [1.29, 1.82) is 0 Å². The summed E-state index contributed by atoms with van der Waals surface area (Å²) in [4.78, 5) is 22.2. The number of nitrogens with zero attached hydrogens (tertiary/aromatic N) is 1. The van der Waals surface area contributed by atoms with Gasteiger partial charge in [-0.2, -0.15) is 13.2 Å². The Morgan fingerprint density at radius 1 is 1.22 bits per heavy atom. The van der Waals surface area contributed by atoms with E-state index in [1.54, 1.807) is 0 Å². The maximum atomic E-state index is 12.1. The molecule has 7 heteroatoms. The van der Waals surface area contributed by atoms with E-state index < -0.39 is 18.0 Å². The first-order valence-electron chi connectivity index (χ1n) is 4.93. The van der Waals surface area contributed by atoms with Crippen LogP contribution < -0.4 is 5.73 Å². The van der Waals surface area contributed by atoms with Gasteiger partial charge in [0.05, 0.1) is 0 Å². The molecule has 0 aliphatic heterocycles. The van der Waals surface area contributed by atoms with E-state index in [4.69, 9.17) is 5.73 Å². The third-order valence-corrected chi connectivity index (χ3v) is 2.25. The molecule has 0 unspecified atom stereocenters. The number of carbonyl (C=O) groups excluding carboxylic acids is 2. The molecule has 0 spiro atoms. The number of hydrogen-bond donors (Lipinski definition) is 1. The summed E-state index contributed by atoms with van der Waals surface area (Å²) in [5.41, 5.74) is 5.74. The second-order valence-electron chi connectivity index (χ2n) is 3.72. The molecule has 0 fully saturated rings. The van der Waals surface area contributed by atoms with Gasteiger partial charge in [-0.1, -0.05) is 12.1 Å². The van der Waals surface area contributed by atoms with Gasteiger partial charge in [-0.3, -0.25) is 9.59 Å². The monoisotopic (exact) mass is 260 g/mol. The lowest BCUT2D eigenvalue weighted by molar-refractivity contribution is -0.184. The van der Waals surface area contributed by atoms with Crippen molar-refractivity contribution >= 4 is 11.8 Å². The fourth-order valence-corrected chi connectivity index (χ4v) is 1.34. The predicted molar refractivity (Wildman–Crippen MR) is 57.5 cm³/mol. The number of amides is 2. The van der Waals surface area contributed by atoms with Crippen LogP contribution in [0.5, 0.6) is 0 Å². The van der Waals surface area contributed by atoms with Crippen LogP contribution in [0.1, 0.15) is 15.9 Å². The molecule has 0 aromatic heterocycles. The first-order valence-corrected chi connectivity index (χ1v) is 4.93. The highest BCUT2D eigenvalue weighted by molar-refractivity contribution is 5.92. The van der Waals surface area contributed by atoms with Crippen molar-refractivity contribution in [2.75, 3.05) is 7.05 Å². The van der Waals surface area contributed by atoms with E-state index in [-0.39, 0.29) is 12.1 Å². The highest BCUT2D eigenvalue weighted by Crippen LogP contribution is 2.19. The summed E-state index contributed by atoms with van der Waals surface area (Å²) < 4.78 is 36.4. The minimum Gasteiger partial charge on any atom is -0.366 e. The summed E-state index contributed by atoms with van der Waals surface area (Å²) >= 11 is 0. The zero-order valence-electron chi connectivity index (χ0n) is 9.49. The molecular formula is C11H11F3N2O2. The molecule has 2 N–H and O–H groups in total. The van der Waals surface area contributed by atoms with Crippen molar-refractivity contribution in [3.05, 3.63) is 35.4 Å². The van der Waals surface area contributed by atoms with Crippen LogP contribution >= 0.6 is 0 Å². The third-order valence-electron chi connectivity index (χ3n) is 2.25. The Kier molecular flexibility index (Phi) is 3.95. The molecule has 0 saturated carbocycles. The molecule has 0 radical (unpaired) electrons. The fourth-order valence-electron chi connectivity index (χ4n) is 1.34. The van der Waals surface area contributed by atoms with Gasteiger partial charge in [-0.05, 0) is 17.7 Å². The average Bonchev–Trinajstić information content (AvgIpc) is 2.27. The van der Waals surface area contributed by atoms with Crippen LogP contribution in [0.2, 0.25) is 0 Å². The van der Waals surface area contributed by atoms with E-state index in [9.17, 15) is 22.8 Å². The van der Waals surface area contributed by atoms with E-state index in [0.717, 1.165) is 7.05 Å². The number of primary amides is 1. The molecule has 0 saturated heterocycles. The molecule has 0 atom stereocenters. The van der Waals surface area contributed by atoms with Crippen molar-refractivity contribution < 1.29 is 22.8 Å². The lowest BCUT2D eigenvalue weighted by Gasteiger charge is -2.18. The van der Waals surface area contributed by atoms with Gasteiger partial charge in [0.2, 0.25) is 5.91 Å². The van der Waals surface area contributed by atoms with E-state index >= 15 is 0 Å². The largest absolute Gasteiger partial charge is 0.471 e. The second-order valence-corrected chi connectivity index (χ2v) is 3.72. The normalized spacial score (nSPS) is 11.1. The molecule has 1 rings (SSSR count). The van der Waals surface area contributed by atoms with Crippen LogP contribution in [0, 0.1) is 0 Å². The molecule has 2 amide bonds. The van der Waals surface area contributed by atoms with Gasteiger partial charge in [0.25, 0.3) is 0 Å². The topological polar surface area (TPSA) is 63.4 Å². The highest BCUT2D eigenvalue weighted by atomic mass is 19.4. The van der Waals surface area contributed by atoms with Crippen molar-refractivity contribution in [3.8, 4) is 0 Å². The lowest BCUT2D eigenvalue weighted by atomic mass is 10.1. The van der Waals surface area contributed by atoms with E-state index in [1.165, 1.54) is 24.3 Å². The van der Waals surface area contributed by atoms with Crippen LogP contribution in [0.15, 0.2) is 24.3 Å². The van der Waals surface area contributed by atoms with Gasteiger partial charge in [-0.15, -0.1) is 0 Å². The number of benzene rings is 1. The van der Waals surface area contributed by atoms with Crippen LogP contribution in [0.25, 0.3) is 0 Å². The fraction of sp³-hybridized carbons (Fsp3) is 0.273. The molecule has 98 valence electrons. The smallest absolute Gasteiger partial charge is 0.366 e. The van der Waals surface area contributed by atoms with Gasteiger partial charge in [0.15, 0.2) is 0 Å². The maximum Gasteiger partial charge on any atom is 0.471 e. The van der Waals surface area contributed by atoms with Crippen molar-refractivity contribution in [1.82, 2.24) is 4.90 Å². The van der Waals surface area contributed by atoms with Gasteiger partial charge in [0.1, 0.15) is 0 Å². The number of nitrogens with two attached hydrogens (primary N) is 1. The lowest BCUT2D eigenvalue weighted by Crippen LogP contribution is -2.37. The molecule has 4 nitrogen and oxygen atoms in total. The number of halogens is 3. The standard InChI is InChI=1S/C11H11F3N2O2/c1-16(10(18)11(12,13)14)6-7-2-4-8(5-3-7)9(15)17/h2-5H,6H2,1H3,(H2,15,17). The predicted octanol–water partition coefficient (Wildman–Crippen LogP) is 1.31. The van der Waals surface area contributed by atoms with Crippen LogP contribution in [-0.4, -0.2) is 29.9 Å². The Labute approximate surface area is 101 Å². The molecular weight excluding hydrogens is 249 g/mol. The molecule has 1 aromatic rings. The molecule has 0 aliphatic rings. The highest BCUT2D eigenvalue weighted by Gasteiger charge is 2.41. The quantitative estimate of drug-likeness (QED) is 0.890. The van der Waals surface area contributed by atoms with Gasteiger partial charge in [0, 0.05) is 19.2 Å². The molecule has 18 heavy (non-hydrogen) atoms. The maximum absolute atomic E-state index is 12.1. The van der Waals surface area contributed by atoms with Gasteiger partial charge >= 0.3 is 12.1 Å². The third kappa shape index (κ3) is 3.47. The second kappa shape index (κ2) is 5.07. The SMILES string of the molecule is CN(Cc1ccc(C(N)=O)cc1)C(=O)C(F)(F)F. The average molecular weight is 260 g/mol. The van der Waals surface area contributed by atoms with Gasteiger partial charge < -0.3 is 10.6 Å². The van der Waals surface area contributed by atoms with Crippen molar-refractivity contribution in [2.24, 2.45) is 5.73 Å². The summed E-state index contributed by atoms with van der Waals surface area (Å²) in [5.74, 6) is -2.54. The number of carbonyl (C=O) groups is 2. The van der Waals surface area contributed by atoms with E-state index in [2.05, 4.69) is 0 Å². The Bertz CT molecular complexity index is 454. The first-order chi connectivity index (χ1) is 8.21. The van der Waals surface area contributed by atoms with Crippen LogP contribution in [-0.2, 0) is 11.3 Å². The van der Waals surface area contributed by atoms with Crippen LogP contribution in [0.4, 0.5) is 13.2 Å². The summed E-state index contributed by atoms with van der Waals surface area (Å²) in [6.45, 7) is -0.197. The Morgan fingerprint density at radius 2 is 1.72 bits per heavy atom. The Hall–Kier alpha value is -2.05. The Balaban J connectivity index is 2.74. The Morgan fingerprint density at radius 3 is 2.11 bits per heavy atom. The van der Waals surface area contributed by atoms with Crippen molar-refractivity contribution in [3.63, 3.8) is 0 Å². The number of rotatable bonds is 3. The minimum absolute atomic E-state index is 0.197. The molecule has 1 aromatic carbocycles. The van der Waals surface area contributed by atoms with Crippen molar-refractivity contribution in [2.45, 2.75) is 12.7 Å². The zero-order chi connectivity index (χ0) is 13.9. The van der Waals surface area contributed by atoms with E-state index in [0.29, 0.717) is 10.5 Å². The van der Waals surface area contributed by atoms with Gasteiger partial charge in [-0.25, -0.2) is 0 Å². The molecule has 0 heterocycles. The molecule has 0 bridgehead atoms. The number of hydrogen-bond acceptors (Lipinski definition) is 2.